The monoisotopic (exact) mass is 320 g/mol. The molecule has 2 rings (SSSR count). The number of amides is 1. The van der Waals surface area contributed by atoms with E-state index in [2.05, 4.69) is 40.7 Å². The number of nitrogens with zero attached hydrogens (tertiary/aromatic N) is 3. The highest BCUT2D eigenvalue weighted by molar-refractivity contribution is 7.09. The fourth-order valence-corrected chi connectivity index (χ4v) is 3.22. The maximum Gasteiger partial charge on any atom is 0.220 e. The van der Waals surface area contributed by atoms with Gasteiger partial charge in [-0.3, -0.25) is 9.48 Å². The molecule has 2 aromatic rings. The second-order valence-electron chi connectivity index (χ2n) is 5.92. The third-order valence-corrected chi connectivity index (χ3v) is 4.44. The zero-order valence-corrected chi connectivity index (χ0v) is 14.3. The second kappa shape index (κ2) is 8.08. The van der Waals surface area contributed by atoms with Crippen molar-refractivity contribution in [1.29, 1.82) is 0 Å². The quantitative estimate of drug-likeness (QED) is 0.813. The van der Waals surface area contributed by atoms with Crippen molar-refractivity contribution in [3.8, 4) is 0 Å². The Bertz CT molecular complexity index is 577. The van der Waals surface area contributed by atoms with E-state index in [0.717, 1.165) is 25.1 Å². The lowest BCUT2D eigenvalue weighted by Gasteiger charge is -2.19. The van der Waals surface area contributed by atoms with Crippen molar-refractivity contribution in [3.05, 3.63) is 34.5 Å². The minimum atomic E-state index is -0.0678. The van der Waals surface area contributed by atoms with Crippen LogP contribution in [0.15, 0.2) is 23.8 Å². The van der Waals surface area contributed by atoms with Gasteiger partial charge in [0.15, 0.2) is 0 Å². The summed E-state index contributed by atoms with van der Waals surface area (Å²) in [6, 6.07) is 4.10. The summed E-state index contributed by atoms with van der Waals surface area (Å²) in [6.45, 7) is 4.29. The molecule has 0 radical (unpaired) electrons. The Kier molecular flexibility index (Phi) is 6.12. The van der Waals surface area contributed by atoms with Crippen molar-refractivity contribution in [2.24, 2.45) is 13.0 Å². The van der Waals surface area contributed by atoms with E-state index in [4.69, 9.17) is 0 Å². The van der Waals surface area contributed by atoms with Crippen LogP contribution >= 0.6 is 11.3 Å². The number of hydrogen-bond donors (Lipinski definition) is 1. The minimum Gasteiger partial charge on any atom is -0.346 e. The first kappa shape index (κ1) is 16.7. The van der Waals surface area contributed by atoms with Crippen molar-refractivity contribution in [2.45, 2.75) is 45.6 Å². The number of aryl methyl sites for hydroxylation is 2. The summed E-state index contributed by atoms with van der Waals surface area (Å²) < 4.78 is 1.74. The van der Waals surface area contributed by atoms with E-state index < -0.39 is 0 Å². The molecule has 0 unspecified atom stereocenters. The zero-order chi connectivity index (χ0) is 15.9. The summed E-state index contributed by atoms with van der Waals surface area (Å²) in [6.07, 6.45) is 4.78. The van der Waals surface area contributed by atoms with Gasteiger partial charge in [-0.05, 0) is 36.6 Å². The molecule has 0 spiro atoms. The molecule has 0 saturated heterocycles. The van der Waals surface area contributed by atoms with Gasteiger partial charge in [-0.15, -0.1) is 11.3 Å². The van der Waals surface area contributed by atoms with Gasteiger partial charge in [0, 0.05) is 18.3 Å². The average molecular weight is 320 g/mol. The smallest absolute Gasteiger partial charge is 0.220 e. The summed E-state index contributed by atoms with van der Waals surface area (Å²) in [5.74, 6) is 1.39. The van der Waals surface area contributed by atoms with Crippen molar-refractivity contribution in [2.75, 3.05) is 0 Å². The first-order chi connectivity index (χ1) is 10.6. The fourth-order valence-electron chi connectivity index (χ4n) is 2.47. The van der Waals surface area contributed by atoms with Gasteiger partial charge in [-0.2, -0.15) is 5.10 Å². The predicted molar refractivity (Wildman–Crippen MR) is 88.6 cm³/mol. The lowest BCUT2D eigenvalue weighted by molar-refractivity contribution is -0.122. The van der Waals surface area contributed by atoms with Gasteiger partial charge in [-0.25, -0.2) is 4.98 Å². The number of carbonyl (C=O) groups is 1. The summed E-state index contributed by atoms with van der Waals surface area (Å²) in [5, 5.41) is 9.29. The Morgan fingerprint density at radius 2 is 2.27 bits per heavy atom. The van der Waals surface area contributed by atoms with E-state index in [1.807, 2.05) is 13.1 Å². The Labute approximate surface area is 135 Å². The van der Waals surface area contributed by atoms with Crippen molar-refractivity contribution in [1.82, 2.24) is 20.1 Å². The van der Waals surface area contributed by atoms with Crippen molar-refractivity contribution < 1.29 is 4.79 Å². The van der Waals surface area contributed by atoms with Crippen LogP contribution in [0.1, 0.15) is 49.9 Å². The Morgan fingerprint density at radius 1 is 1.45 bits per heavy atom. The maximum absolute atomic E-state index is 12.2. The van der Waals surface area contributed by atoms with Gasteiger partial charge in [0.2, 0.25) is 5.91 Å². The Balaban J connectivity index is 1.86. The molecule has 1 amide bonds. The van der Waals surface area contributed by atoms with Crippen LogP contribution in [0.4, 0.5) is 0 Å². The molecule has 1 N–H and O–H groups in total. The highest BCUT2D eigenvalue weighted by Gasteiger charge is 2.20. The van der Waals surface area contributed by atoms with Gasteiger partial charge < -0.3 is 5.32 Å². The summed E-state index contributed by atoms with van der Waals surface area (Å²) in [4.78, 5) is 17.8. The molecule has 0 bridgehead atoms. The van der Waals surface area contributed by atoms with Gasteiger partial charge in [0.05, 0.1) is 6.04 Å². The molecule has 2 heterocycles. The standard InChI is InChI=1S/C16H24N4OS/c1-12(2)10-14(16-17-11-18-20(16)3)19-15(21)8-4-6-13-7-5-9-22-13/h5,7,9,11-12,14H,4,6,8,10H2,1-3H3,(H,19,21)/t14-/m0/s1. The largest absolute Gasteiger partial charge is 0.346 e. The minimum absolute atomic E-state index is 0.0678. The Hall–Kier alpha value is -1.69. The SMILES string of the molecule is CC(C)C[C@H](NC(=O)CCCc1cccs1)c1ncnn1C. The lowest BCUT2D eigenvalue weighted by Crippen LogP contribution is -2.31. The van der Waals surface area contributed by atoms with Crippen LogP contribution in [-0.4, -0.2) is 20.7 Å². The number of hydrogen-bond acceptors (Lipinski definition) is 4. The number of nitrogens with one attached hydrogen (secondary N) is 1. The molecule has 0 aliphatic rings. The van der Waals surface area contributed by atoms with Crippen LogP contribution in [0, 0.1) is 5.92 Å². The first-order valence-corrected chi connectivity index (χ1v) is 8.60. The molecule has 5 nitrogen and oxygen atoms in total. The highest BCUT2D eigenvalue weighted by Crippen LogP contribution is 2.19. The van der Waals surface area contributed by atoms with Crippen LogP contribution in [-0.2, 0) is 18.3 Å². The fraction of sp³-hybridized carbons (Fsp3) is 0.562. The lowest BCUT2D eigenvalue weighted by atomic mass is 10.0. The molecule has 1 atom stereocenters. The third kappa shape index (κ3) is 4.94. The first-order valence-electron chi connectivity index (χ1n) is 7.72. The number of rotatable bonds is 8. The third-order valence-electron chi connectivity index (χ3n) is 3.51. The molecule has 0 aliphatic carbocycles. The van der Waals surface area contributed by atoms with Crippen molar-refractivity contribution in [3.63, 3.8) is 0 Å². The van der Waals surface area contributed by atoms with E-state index in [-0.39, 0.29) is 11.9 Å². The van der Waals surface area contributed by atoms with E-state index in [9.17, 15) is 4.79 Å². The molecule has 0 saturated carbocycles. The van der Waals surface area contributed by atoms with Crippen LogP contribution in [0.3, 0.4) is 0 Å². The van der Waals surface area contributed by atoms with E-state index in [1.54, 1.807) is 16.0 Å². The molecule has 0 fully saturated rings. The van der Waals surface area contributed by atoms with Gasteiger partial charge in [0.1, 0.15) is 12.2 Å². The average Bonchev–Trinajstić information content (AvgIpc) is 3.09. The second-order valence-corrected chi connectivity index (χ2v) is 6.96. The highest BCUT2D eigenvalue weighted by atomic mass is 32.1. The predicted octanol–water partition coefficient (Wildman–Crippen LogP) is 3.10. The number of aromatic nitrogens is 3. The summed E-state index contributed by atoms with van der Waals surface area (Å²) >= 11 is 1.74. The van der Waals surface area contributed by atoms with Crippen molar-refractivity contribution >= 4 is 17.2 Å². The summed E-state index contributed by atoms with van der Waals surface area (Å²) in [5.41, 5.74) is 0. The Morgan fingerprint density at radius 3 is 2.86 bits per heavy atom. The molecule has 6 heteroatoms. The van der Waals surface area contributed by atoms with Gasteiger partial charge >= 0.3 is 0 Å². The topological polar surface area (TPSA) is 59.8 Å². The maximum atomic E-state index is 12.2. The zero-order valence-electron chi connectivity index (χ0n) is 13.5. The molecule has 2 aromatic heterocycles. The number of thiophene rings is 1. The summed E-state index contributed by atoms with van der Waals surface area (Å²) in [7, 11) is 1.86. The van der Waals surface area contributed by atoms with E-state index >= 15 is 0 Å². The van der Waals surface area contributed by atoms with Crippen LogP contribution < -0.4 is 5.32 Å². The van der Waals surface area contributed by atoms with Crippen LogP contribution in [0.5, 0.6) is 0 Å². The molecule has 0 aliphatic heterocycles. The normalized spacial score (nSPS) is 12.5. The van der Waals surface area contributed by atoms with Crippen LogP contribution in [0.2, 0.25) is 0 Å². The molecule has 0 aromatic carbocycles. The van der Waals surface area contributed by atoms with Gasteiger partial charge in [0.25, 0.3) is 0 Å². The van der Waals surface area contributed by atoms with E-state index in [1.165, 1.54) is 11.2 Å². The van der Waals surface area contributed by atoms with Crippen LogP contribution in [0.25, 0.3) is 0 Å². The number of carbonyl (C=O) groups excluding carboxylic acids is 1. The van der Waals surface area contributed by atoms with Gasteiger partial charge in [-0.1, -0.05) is 19.9 Å². The van der Waals surface area contributed by atoms with E-state index in [0.29, 0.717) is 12.3 Å². The molecule has 120 valence electrons. The molecule has 22 heavy (non-hydrogen) atoms. The molecular formula is C16H24N4OS. The molecular weight excluding hydrogens is 296 g/mol.